The Morgan fingerprint density at radius 2 is 2.12 bits per heavy atom. The number of carbonyl (C=O) groups is 2. The zero-order valence-electron chi connectivity index (χ0n) is 18.4. The van der Waals surface area contributed by atoms with Crippen LogP contribution in [0.3, 0.4) is 0 Å². The number of benzene rings is 1. The number of anilines is 2. The van der Waals surface area contributed by atoms with E-state index in [1.807, 2.05) is 26.2 Å². The van der Waals surface area contributed by atoms with Crippen LogP contribution in [-0.2, 0) is 14.3 Å². The van der Waals surface area contributed by atoms with Crippen LogP contribution in [0.15, 0.2) is 48.4 Å². The van der Waals surface area contributed by atoms with Crippen LogP contribution < -0.4 is 10.6 Å². The Balaban J connectivity index is 1.69. The Morgan fingerprint density at radius 3 is 2.85 bits per heavy atom. The highest BCUT2D eigenvalue weighted by Crippen LogP contribution is 2.44. The van der Waals surface area contributed by atoms with E-state index in [0.29, 0.717) is 40.6 Å². The number of carboxylic acids is 1. The number of allylic oxidation sites excluding steroid dienone is 1. The first-order valence-electron chi connectivity index (χ1n) is 10.4. The molecule has 2 aromatic rings. The standard InChI is InChI=1S/C24H24FN3O4S/c1-24(2)16(13-6-8-26-20(10-13)27-17(23(30)31)7-9-33-3)12-19(32-24)21-15-5-4-14(25)11-18(15)28-22(21)29/h4-6,8,10-12,17H,7,9H2,1-3H3,(H,26,27)(H,28,29)(H,30,31)/b21-19+/t17-/m0/s1. The third-order valence-corrected chi connectivity index (χ3v) is 6.21. The summed E-state index contributed by atoms with van der Waals surface area (Å²) in [6, 6.07) is 6.98. The van der Waals surface area contributed by atoms with Gasteiger partial charge in [-0.05, 0) is 74.2 Å². The summed E-state index contributed by atoms with van der Waals surface area (Å²) in [5.41, 5.74) is 2.19. The zero-order chi connectivity index (χ0) is 23.8. The molecule has 2 aliphatic rings. The molecule has 0 aliphatic carbocycles. The minimum absolute atomic E-state index is 0.350. The average Bonchev–Trinajstić information content (AvgIpc) is 3.25. The fourth-order valence-corrected chi connectivity index (χ4v) is 4.43. The molecule has 172 valence electrons. The average molecular weight is 470 g/mol. The molecular weight excluding hydrogens is 445 g/mol. The number of carboxylic acid groups (broad SMARTS) is 1. The lowest BCUT2D eigenvalue weighted by Gasteiger charge is -2.24. The summed E-state index contributed by atoms with van der Waals surface area (Å²) in [7, 11) is 0. The van der Waals surface area contributed by atoms with Gasteiger partial charge in [0, 0.05) is 17.3 Å². The molecule has 0 saturated heterocycles. The molecule has 1 aromatic heterocycles. The predicted molar refractivity (Wildman–Crippen MR) is 127 cm³/mol. The van der Waals surface area contributed by atoms with E-state index in [-0.39, 0.29) is 5.91 Å². The second-order valence-corrected chi connectivity index (χ2v) is 9.29. The molecule has 0 bridgehead atoms. The first kappa shape index (κ1) is 22.8. The van der Waals surface area contributed by atoms with E-state index in [0.717, 1.165) is 11.1 Å². The summed E-state index contributed by atoms with van der Waals surface area (Å²) in [6.45, 7) is 3.77. The van der Waals surface area contributed by atoms with Crippen LogP contribution in [0, 0.1) is 5.82 Å². The summed E-state index contributed by atoms with van der Waals surface area (Å²) in [6.07, 6.45) is 5.80. The number of amides is 1. The Labute approximate surface area is 195 Å². The number of pyridine rings is 1. The van der Waals surface area contributed by atoms with Crippen LogP contribution in [0.2, 0.25) is 0 Å². The zero-order valence-corrected chi connectivity index (χ0v) is 19.3. The Bertz CT molecular complexity index is 1190. The van der Waals surface area contributed by atoms with Gasteiger partial charge >= 0.3 is 5.97 Å². The lowest BCUT2D eigenvalue weighted by Crippen LogP contribution is -2.30. The first-order chi connectivity index (χ1) is 15.7. The van der Waals surface area contributed by atoms with Crippen molar-refractivity contribution in [2.45, 2.75) is 31.9 Å². The molecule has 3 heterocycles. The molecule has 1 amide bonds. The Hall–Kier alpha value is -3.33. The molecule has 7 nitrogen and oxygen atoms in total. The van der Waals surface area contributed by atoms with Gasteiger partial charge in [-0.3, -0.25) is 4.79 Å². The number of hydrogen-bond acceptors (Lipinski definition) is 6. The van der Waals surface area contributed by atoms with Gasteiger partial charge in [0.1, 0.15) is 29.0 Å². The summed E-state index contributed by atoms with van der Waals surface area (Å²) < 4.78 is 19.8. The van der Waals surface area contributed by atoms with Crippen molar-refractivity contribution in [3.05, 3.63) is 65.3 Å². The fourth-order valence-electron chi connectivity index (χ4n) is 3.96. The number of fused-ring (bicyclic) bond motifs is 1. The van der Waals surface area contributed by atoms with Crippen molar-refractivity contribution < 1.29 is 23.8 Å². The molecule has 0 saturated carbocycles. The van der Waals surface area contributed by atoms with E-state index >= 15 is 0 Å². The third kappa shape index (κ3) is 4.59. The van der Waals surface area contributed by atoms with Gasteiger partial charge in [-0.2, -0.15) is 11.8 Å². The molecular formula is C24H24FN3O4S. The Morgan fingerprint density at radius 1 is 1.33 bits per heavy atom. The lowest BCUT2D eigenvalue weighted by molar-refractivity contribution is -0.138. The number of aromatic nitrogens is 1. The molecule has 1 atom stereocenters. The van der Waals surface area contributed by atoms with Crippen LogP contribution in [0.5, 0.6) is 0 Å². The van der Waals surface area contributed by atoms with Gasteiger partial charge in [0.2, 0.25) is 0 Å². The minimum Gasteiger partial charge on any atom is -0.482 e. The smallest absolute Gasteiger partial charge is 0.326 e. The molecule has 0 fully saturated rings. The number of nitrogens with zero attached hydrogens (tertiary/aromatic N) is 1. The molecule has 0 unspecified atom stereocenters. The molecule has 2 aliphatic heterocycles. The second-order valence-electron chi connectivity index (χ2n) is 8.30. The van der Waals surface area contributed by atoms with Crippen molar-refractivity contribution in [3.63, 3.8) is 0 Å². The second kappa shape index (κ2) is 8.90. The van der Waals surface area contributed by atoms with Crippen molar-refractivity contribution in [2.24, 2.45) is 0 Å². The number of carbonyl (C=O) groups excluding carboxylic acids is 1. The van der Waals surface area contributed by atoms with E-state index in [9.17, 15) is 19.1 Å². The van der Waals surface area contributed by atoms with Crippen LogP contribution >= 0.6 is 11.8 Å². The van der Waals surface area contributed by atoms with Crippen LogP contribution in [-0.4, -0.2) is 45.6 Å². The number of hydrogen-bond donors (Lipinski definition) is 3. The van der Waals surface area contributed by atoms with Crippen molar-refractivity contribution in [1.29, 1.82) is 0 Å². The molecule has 33 heavy (non-hydrogen) atoms. The highest BCUT2D eigenvalue weighted by Gasteiger charge is 2.38. The molecule has 1 aromatic carbocycles. The van der Waals surface area contributed by atoms with E-state index in [2.05, 4.69) is 15.6 Å². The lowest BCUT2D eigenvalue weighted by atomic mass is 9.92. The van der Waals surface area contributed by atoms with E-state index in [1.54, 1.807) is 36.2 Å². The van der Waals surface area contributed by atoms with Gasteiger partial charge in [0.25, 0.3) is 5.91 Å². The third-order valence-electron chi connectivity index (χ3n) is 5.56. The summed E-state index contributed by atoms with van der Waals surface area (Å²) in [5.74, 6) is -0.174. The maximum Gasteiger partial charge on any atom is 0.326 e. The number of thioether (sulfide) groups is 1. The van der Waals surface area contributed by atoms with Gasteiger partial charge < -0.3 is 20.5 Å². The van der Waals surface area contributed by atoms with Gasteiger partial charge in [0.05, 0.1) is 11.3 Å². The Kier molecular flexibility index (Phi) is 6.16. The minimum atomic E-state index is -0.936. The number of halogens is 1. The number of ether oxygens (including phenoxy) is 1. The summed E-state index contributed by atoms with van der Waals surface area (Å²) in [5, 5.41) is 15.2. The molecule has 4 rings (SSSR count). The topological polar surface area (TPSA) is 101 Å². The first-order valence-corrected chi connectivity index (χ1v) is 11.8. The molecule has 0 spiro atoms. The fraction of sp³-hybridized carbons (Fsp3) is 0.292. The monoisotopic (exact) mass is 469 g/mol. The molecule has 3 N–H and O–H groups in total. The predicted octanol–water partition coefficient (Wildman–Crippen LogP) is 4.39. The van der Waals surface area contributed by atoms with Gasteiger partial charge in [0.15, 0.2) is 0 Å². The number of rotatable bonds is 7. The van der Waals surface area contributed by atoms with Crippen molar-refractivity contribution in [3.8, 4) is 0 Å². The largest absolute Gasteiger partial charge is 0.482 e. The van der Waals surface area contributed by atoms with Gasteiger partial charge in [-0.1, -0.05) is 0 Å². The van der Waals surface area contributed by atoms with E-state index in [1.165, 1.54) is 12.1 Å². The highest BCUT2D eigenvalue weighted by atomic mass is 32.2. The van der Waals surface area contributed by atoms with Crippen molar-refractivity contribution >= 4 is 46.3 Å². The van der Waals surface area contributed by atoms with Crippen LogP contribution in [0.25, 0.3) is 11.1 Å². The maximum absolute atomic E-state index is 13.6. The SMILES string of the molecule is CSCC[C@H](Nc1cc(C2=C/C(=C3\C(=O)Nc4cc(F)ccc43)OC2(C)C)ccn1)C(=O)O. The van der Waals surface area contributed by atoms with Crippen molar-refractivity contribution in [1.82, 2.24) is 4.98 Å². The van der Waals surface area contributed by atoms with Crippen LogP contribution in [0.1, 0.15) is 31.4 Å². The van der Waals surface area contributed by atoms with Gasteiger partial charge in [-0.15, -0.1) is 0 Å². The highest BCUT2D eigenvalue weighted by molar-refractivity contribution is 7.98. The molecule has 0 radical (unpaired) electrons. The normalized spacial score (nSPS) is 19.4. The summed E-state index contributed by atoms with van der Waals surface area (Å²) >= 11 is 1.58. The van der Waals surface area contributed by atoms with E-state index in [4.69, 9.17) is 4.74 Å². The number of nitrogens with one attached hydrogen (secondary N) is 2. The maximum atomic E-state index is 13.6. The van der Waals surface area contributed by atoms with E-state index < -0.39 is 23.4 Å². The van der Waals surface area contributed by atoms with Crippen LogP contribution in [0.4, 0.5) is 15.9 Å². The number of aliphatic carboxylic acids is 1. The quantitative estimate of drug-likeness (QED) is 0.517. The molecule has 9 heteroatoms. The van der Waals surface area contributed by atoms with Gasteiger partial charge in [-0.25, -0.2) is 14.2 Å². The summed E-state index contributed by atoms with van der Waals surface area (Å²) in [4.78, 5) is 28.5. The van der Waals surface area contributed by atoms with Crippen molar-refractivity contribution in [2.75, 3.05) is 22.6 Å².